The molecule has 0 radical (unpaired) electrons. The van der Waals surface area contributed by atoms with E-state index in [0.29, 0.717) is 5.75 Å². The monoisotopic (exact) mass is 278 g/mol. The standard InChI is InChI=1S/C11H15FN2O3.ClH/c1-6(13)11(15)14-8-4-7(12)9(16-2)5-10(8)17-3;/h4-6H,13H2,1-3H3,(H,14,15);1H/t6-;/m0./s1. The summed E-state index contributed by atoms with van der Waals surface area (Å²) < 4.78 is 23.3. The molecule has 0 fully saturated rings. The molecule has 1 amide bonds. The minimum absolute atomic E-state index is 0. The predicted molar refractivity (Wildman–Crippen MR) is 69.0 cm³/mol. The van der Waals surface area contributed by atoms with Crippen LogP contribution in [0.25, 0.3) is 0 Å². The molecular weight excluding hydrogens is 263 g/mol. The van der Waals surface area contributed by atoms with Crippen molar-refractivity contribution in [2.45, 2.75) is 13.0 Å². The van der Waals surface area contributed by atoms with Crippen LogP contribution in [0.3, 0.4) is 0 Å². The van der Waals surface area contributed by atoms with Gasteiger partial charge in [-0.05, 0) is 6.92 Å². The van der Waals surface area contributed by atoms with Crippen molar-refractivity contribution in [3.63, 3.8) is 0 Å². The Bertz CT molecular complexity index is 427. The molecule has 0 aromatic heterocycles. The zero-order valence-electron chi connectivity index (χ0n) is 10.3. The highest BCUT2D eigenvalue weighted by molar-refractivity contribution is 5.95. The number of hydrogen-bond donors (Lipinski definition) is 2. The average Bonchev–Trinajstić information content (AvgIpc) is 2.29. The van der Waals surface area contributed by atoms with Crippen LogP contribution >= 0.6 is 12.4 Å². The van der Waals surface area contributed by atoms with E-state index < -0.39 is 17.8 Å². The van der Waals surface area contributed by atoms with Crippen LogP contribution in [0.2, 0.25) is 0 Å². The number of benzene rings is 1. The Labute approximate surface area is 111 Å². The molecule has 7 heteroatoms. The van der Waals surface area contributed by atoms with Crippen molar-refractivity contribution in [1.29, 1.82) is 0 Å². The molecule has 0 bridgehead atoms. The molecule has 0 unspecified atom stereocenters. The van der Waals surface area contributed by atoms with E-state index >= 15 is 0 Å². The quantitative estimate of drug-likeness (QED) is 0.876. The average molecular weight is 279 g/mol. The molecule has 0 aliphatic carbocycles. The molecule has 5 nitrogen and oxygen atoms in total. The molecule has 0 saturated carbocycles. The fourth-order valence-corrected chi connectivity index (χ4v) is 1.20. The number of carbonyl (C=O) groups excluding carboxylic acids is 1. The van der Waals surface area contributed by atoms with Crippen LogP contribution in [0.4, 0.5) is 10.1 Å². The maximum atomic E-state index is 13.5. The lowest BCUT2D eigenvalue weighted by Gasteiger charge is -2.13. The lowest BCUT2D eigenvalue weighted by Crippen LogP contribution is -2.32. The van der Waals surface area contributed by atoms with Gasteiger partial charge in [0.25, 0.3) is 0 Å². The molecule has 1 aromatic rings. The maximum absolute atomic E-state index is 13.5. The van der Waals surface area contributed by atoms with Crippen molar-refractivity contribution < 1.29 is 18.7 Å². The van der Waals surface area contributed by atoms with Crippen molar-refractivity contribution in [3.05, 3.63) is 17.9 Å². The SMILES string of the molecule is COc1cc(OC)c(NC(=O)[C@H](C)N)cc1F.Cl. The second-order valence-corrected chi connectivity index (χ2v) is 3.46. The summed E-state index contributed by atoms with van der Waals surface area (Å²) in [5, 5.41) is 2.47. The molecule has 1 rings (SSSR count). The van der Waals surface area contributed by atoms with E-state index in [-0.39, 0.29) is 23.8 Å². The topological polar surface area (TPSA) is 73.6 Å². The van der Waals surface area contributed by atoms with Gasteiger partial charge in [-0.1, -0.05) is 0 Å². The van der Waals surface area contributed by atoms with Crippen molar-refractivity contribution in [2.24, 2.45) is 5.73 Å². The molecule has 0 aliphatic heterocycles. The van der Waals surface area contributed by atoms with Gasteiger partial charge in [-0.3, -0.25) is 4.79 Å². The fourth-order valence-electron chi connectivity index (χ4n) is 1.20. The normalized spacial score (nSPS) is 11.2. The van der Waals surface area contributed by atoms with E-state index in [4.69, 9.17) is 15.2 Å². The minimum Gasteiger partial charge on any atom is -0.494 e. The molecule has 0 saturated heterocycles. The van der Waals surface area contributed by atoms with Crippen LogP contribution in [0.15, 0.2) is 12.1 Å². The largest absolute Gasteiger partial charge is 0.494 e. The Balaban J connectivity index is 0.00000289. The highest BCUT2D eigenvalue weighted by Gasteiger charge is 2.15. The van der Waals surface area contributed by atoms with Gasteiger partial charge in [0.2, 0.25) is 5.91 Å². The second-order valence-electron chi connectivity index (χ2n) is 3.46. The van der Waals surface area contributed by atoms with Crippen LogP contribution in [0.5, 0.6) is 11.5 Å². The molecule has 0 heterocycles. The first-order chi connectivity index (χ1) is 7.99. The van der Waals surface area contributed by atoms with Gasteiger partial charge in [0, 0.05) is 12.1 Å². The van der Waals surface area contributed by atoms with E-state index in [2.05, 4.69) is 5.32 Å². The third-order valence-corrected chi connectivity index (χ3v) is 2.15. The van der Waals surface area contributed by atoms with Crippen LogP contribution in [-0.2, 0) is 4.79 Å². The summed E-state index contributed by atoms with van der Waals surface area (Å²) in [6.45, 7) is 1.53. The Morgan fingerprint density at radius 3 is 2.33 bits per heavy atom. The Kier molecular flexibility index (Phi) is 6.43. The first kappa shape index (κ1) is 16.5. The van der Waals surface area contributed by atoms with Gasteiger partial charge in [0.1, 0.15) is 5.75 Å². The third-order valence-electron chi connectivity index (χ3n) is 2.15. The van der Waals surface area contributed by atoms with Gasteiger partial charge >= 0.3 is 0 Å². The number of amides is 1. The van der Waals surface area contributed by atoms with Crippen LogP contribution in [-0.4, -0.2) is 26.2 Å². The minimum atomic E-state index is -0.690. The second kappa shape index (κ2) is 7.03. The molecule has 102 valence electrons. The van der Waals surface area contributed by atoms with Crippen molar-refractivity contribution >= 4 is 24.0 Å². The van der Waals surface area contributed by atoms with E-state index in [1.54, 1.807) is 0 Å². The number of hydrogen-bond acceptors (Lipinski definition) is 4. The summed E-state index contributed by atoms with van der Waals surface area (Å²) in [5.41, 5.74) is 5.61. The van der Waals surface area contributed by atoms with Crippen molar-refractivity contribution in [1.82, 2.24) is 0 Å². The summed E-state index contributed by atoms with van der Waals surface area (Å²) in [7, 11) is 2.76. The zero-order valence-corrected chi connectivity index (χ0v) is 11.1. The number of methoxy groups -OCH3 is 2. The summed E-state index contributed by atoms with van der Waals surface area (Å²) in [6.07, 6.45) is 0. The summed E-state index contributed by atoms with van der Waals surface area (Å²) in [5.74, 6) is -0.668. The molecule has 0 aliphatic rings. The van der Waals surface area contributed by atoms with E-state index in [1.165, 1.54) is 27.2 Å². The van der Waals surface area contributed by atoms with Crippen LogP contribution < -0.4 is 20.5 Å². The van der Waals surface area contributed by atoms with Gasteiger partial charge in [-0.2, -0.15) is 0 Å². The van der Waals surface area contributed by atoms with Gasteiger partial charge in [-0.15, -0.1) is 12.4 Å². The van der Waals surface area contributed by atoms with Crippen molar-refractivity contribution in [2.75, 3.05) is 19.5 Å². The zero-order chi connectivity index (χ0) is 13.0. The first-order valence-electron chi connectivity index (χ1n) is 4.97. The fraction of sp³-hybridized carbons (Fsp3) is 0.364. The molecular formula is C11H16ClFN2O3. The highest BCUT2D eigenvalue weighted by atomic mass is 35.5. The van der Waals surface area contributed by atoms with Crippen LogP contribution in [0.1, 0.15) is 6.92 Å². The van der Waals surface area contributed by atoms with Gasteiger partial charge in [0.15, 0.2) is 11.6 Å². The van der Waals surface area contributed by atoms with E-state index in [9.17, 15) is 9.18 Å². The molecule has 1 aromatic carbocycles. The maximum Gasteiger partial charge on any atom is 0.241 e. The lowest BCUT2D eigenvalue weighted by molar-refractivity contribution is -0.117. The van der Waals surface area contributed by atoms with Gasteiger partial charge in [0.05, 0.1) is 25.9 Å². The predicted octanol–water partition coefficient (Wildman–Crippen LogP) is 1.55. The van der Waals surface area contributed by atoms with Gasteiger partial charge in [-0.25, -0.2) is 4.39 Å². The third kappa shape index (κ3) is 3.75. The number of anilines is 1. The Morgan fingerprint density at radius 2 is 1.89 bits per heavy atom. The number of nitrogens with one attached hydrogen (secondary N) is 1. The Hall–Kier alpha value is -1.53. The molecule has 18 heavy (non-hydrogen) atoms. The lowest BCUT2D eigenvalue weighted by atomic mass is 10.2. The number of ether oxygens (including phenoxy) is 2. The Morgan fingerprint density at radius 1 is 1.33 bits per heavy atom. The molecule has 1 atom stereocenters. The molecule has 3 N–H and O–H groups in total. The van der Waals surface area contributed by atoms with E-state index in [0.717, 1.165) is 6.07 Å². The molecule has 0 spiro atoms. The summed E-state index contributed by atoms with van der Waals surface area (Å²) >= 11 is 0. The smallest absolute Gasteiger partial charge is 0.241 e. The number of nitrogens with two attached hydrogens (primary N) is 1. The van der Waals surface area contributed by atoms with E-state index in [1.807, 2.05) is 0 Å². The highest BCUT2D eigenvalue weighted by Crippen LogP contribution is 2.31. The summed E-state index contributed by atoms with van der Waals surface area (Å²) in [6, 6.07) is 1.79. The first-order valence-corrected chi connectivity index (χ1v) is 4.97. The number of carbonyl (C=O) groups is 1. The summed E-state index contributed by atoms with van der Waals surface area (Å²) in [4.78, 5) is 11.4. The van der Waals surface area contributed by atoms with Gasteiger partial charge < -0.3 is 20.5 Å². The van der Waals surface area contributed by atoms with Crippen LogP contribution in [0, 0.1) is 5.82 Å². The van der Waals surface area contributed by atoms with Crippen molar-refractivity contribution in [3.8, 4) is 11.5 Å². The number of halogens is 2. The number of rotatable bonds is 4.